The van der Waals surface area contributed by atoms with E-state index in [1.54, 1.807) is 6.92 Å². The lowest BCUT2D eigenvalue weighted by Gasteiger charge is -2.34. The molecule has 3 aromatic rings. The number of hydrogen-bond donors (Lipinski definition) is 2. The maximum atomic E-state index is 13.9. The van der Waals surface area contributed by atoms with Crippen LogP contribution >= 0.6 is 0 Å². The number of nitrogens with one attached hydrogen (secondary N) is 1. The summed E-state index contributed by atoms with van der Waals surface area (Å²) in [5.74, 6) is -2.97. The molecule has 1 aromatic heterocycles. The number of carbonyl (C=O) groups excluding carboxylic acids is 1. The van der Waals surface area contributed by atoms with Gasteiger partial charge in [-0.2, -0.15) is 5.10 Å². The third-order valence-electron chi connectivity index (χ3n) is 6.22. The normalized spacial score (nSPS) is 15.6. The second-order valence-corrected chi connectivity index (χ2v) is 13.3. The molecule has 0 fully saturated rings. The molecule has 3 atom stereocenters. The molecule has 0 radical (unpaired) electrons. The van der Waals surface area contributed by atoms with Gasteiger partial charge in [-0.3, -0.25) is 9.89 Å². The minimum Gasteiger partial charge on any atom is -0.454 e. The minimum absolute atomic E-state index is 0.0556. The van der Waals surface area contributed by atoms with Gasteiger partial charge in [0, 0.05) is 12.3 Å². The average Bonchev–Trinajstić information content (AvgIpc) is 3.55. The van der Waals surface area contributed by atoms with Gasteiger partial charge < -0.3 is 15.2 Å². The Labute approximate surface area is 221 Å². The number of sulfonamides is 1. The molecular formula is C25H30N4O7S2. The van der Waals surface area contributed by atoms with Crippen molar-refractivity contribution in [3.05, 3.63) is 72.1 Å². The molecule has 0 spiro atoms. The number of aromatic amines is 1. The second-order valence-electron chi connectivity index (χ2n) is 9.33. The first-order chi connectivity index (χ1) is 18.0. The Morgan fingerprint density at radius 2 is 1.76 bits per heavy atom. The van der Waals surface area contributed by atoms with Crippen LogP contribution in [-0.4, -0.2) is 56.0 Å². The van der Waals surface area contributed by atoms with Crippen LogP contribution in [0.15, 0.2) is 65.7 Å². The maximum Gasteiger partial charge on any atom is 0.268 e. The van der Waals surface area contributed by atoms with Crippen LogP contribution in [0, 0.1) is 11.8 Å². The van der Waals surface area contributed by atoms with Crippen LogP contribution < -0.4 is 15.2 Å². The van der Waals surface area contributed by atoms with Crippen molar-refractivity contribution >= 4 is 25.8 Å². The smallest absolute Gasteiger partial charge is 0.268 e. The molecule has 3 N–H and O–H groups in total. The summed E-state index contributed by atoms with van der Waals surface area (Å²) < 4.78 is 64.5. The number of ether oxygens (including phenoxy) is 2. The van der Waals surface area contributed by atoms with Gasteiger partial charge in [-0.05, 0) is 36.1 Å². The molecule has 13 heteroatoms. The number of sulfone groups is 1. The van der Waals surface area contributed by atoms with Crippen molar-refractivity contribution in [2.45, 2.75) is 37.1 Å². The van der Waals surface area contributed by atoms with Crippen LogP contribution in [0.1, 0.15) is 25.1 Å². The molecule has 0 bridgehead atoms. The molecule has 204 valence electrons. The number of nitrogens with zero attached hydrogens (tertiary/aromatic N) is 2. The van der Waals surface area contributed by atoms with Crippen molar-refractivity contribution < 1.29 is 31.1 Å². The van der Waals surface area contributed by atoms with E-state index in [9.17, 15) is 21.6 Å². The fraction of sp³-hybridized carbons (Fsp3) is 0.360. The van der Waals surface area contributed by atoms with Crippen LogP contribution in [-0.2, 0) is 36.8 Å². The highest BCUT2D eigenvalue weighted by atomic mass is 32.2. The van der Waals surface area contributed by atoms with E-state index in [1.807, 2.05) is 30.3 Å². The zero-order chi connectivity index (χ0) is 27.5. The Morgan fingerprint density at radius 1 is 1.05 bits per heavy atom. The van der Waals surface area contributed by atoms with Gasteiger partial charge >= 0.3 is 0 Å². The van der Waals surface area contributed by atoms with E-state index < -0.39 is 49.5 Å². The summed E-state index contributed by atoms with van der Waals surface area (Å²) in [5, 5.41) is 6.40. The number of aromatic nitrogens is 2. The van der Waals surface area contributed by atoms with Gasteiger partial charge in [-0.1, -0.05) is 44.2 Å². The molecule has 0 saturated carbocycles. The Morgan fingerprint density at radius 3 is 2.45 bits per heavy atom. The number of hydrogen-bond acceptors (Lipinski definition) is 9. The quantitative estimate of drug-likeness (QED) is 0.333. The lowest BCUT2D eigenvalue weighted by molar-refractivity contribution is -0.131. The van der Waals surface area contributed by atoms with Gasteiger partial charge in [0.15, 0.2) is 21.3 Å². The van der Waals surface area contributed by atoms with Crippen molar-refractivity contribution in [2.75, 3.05) is 12.5 Å². The van der Waals surface area contributed by atoms with Gasteiger partial charge in [-0.15, -0.1) is 0 Å². The summed E-state index contributed by atoms with van der Waals surface area (Å²) in [5.41, 5.74) is 7.67. The Balaban J connectivity index is 1.64. The number of amides is 1. The van der Waals surface area contributed by atoms with Gasteiger partial charge in [0.2, 0.25) is 12.7 Å². The van der Waals surface area contributed by atoms with E-state index in [-0.39, 0.29) is 23.2 Å². The number of nitrogens with two attached hydrogens (primary N) is 1. The highest BCUT2D eigenvalue weighted by Crippen LogP contribution is 2.35. The van der Waals surface area contributed by atoms with Gasteiger partial charge in [0.05, 0.1) is 34.2 Å². The van der Waals surface area contributed by atoms with Crippen LogP contribution in [0.5, 0.6) is 11.5 Å². The molecule has 11 nitrogen and oxygen atoms in total. The number of benzene rings is 2. The first-order valence-corrected chi connectivity index (χ1v) is 15.2. The Hall–Kier alpha value is -3.42. The average molecular weight is 563 g/mol. The first-order valence-electron chi connectivity index (χ1n) is 11.9. The van der Waals surface area contributed by atoms with E-state index in [0.717, 1.165) is 5.56 Å². The molecule has 0 saturated heterocycles. The van der Waals surface area contributed by atoms with E-state index in [4.69, 9.17) is 15.2 Å². The summed E-state index contributed by atoms with van der Waals surface area (Å²) in [6.07, 6.45) is 0.621. The predicted octanol–water partition coefficient (Wildman–Crippen LogP) is 2.07. The summed E-state index contributed by atoms with van der Waals surface area (Å²) in [4.78, 5) is 13.5. The van der Waals surface area contributed by atoms with Crippen LogP contribution in [0.2, 0.25) is 0 Å². The monoisotopic (exact) mass is 562 g/mol. The molecule has 2 heterocycles. The highest BCUT2D eigenvalue weighted by molar-refractivity contribution is 7.90. The molecule has 0 aliphatic carbocycles. The zero-order valence-corrected chi connectivity index (χ0v) is 22.6. The molecule has 1 unspecified atom stereocenters. The summed E-state index contributed by atoms with van der Waals surface area (Å²) in [6.45, 7) is 3.06. The number of rotatable bonds is 11. The zero-order valence-electron chi connectivity index (χ0n) is 21.0. The van der Waals surface area contributed by atoms with Gasteiger partial charge in [-0.25, -0.2) is 21.1 Å². The third-order valence-corrected chi connectivity index (χ3v) is 9.76. The first kappa shape index (κ1) is 27.6. The molecule has 1 amide bonds. The largest absolute Gasteiger partial charge is 0.454 e. The van der Waals surface area contributed by atoms with E-state index in [0.29, 0.717) is 22.2 Å². The number of carbonyl (C=O) groups is 1. The molecule has 1 aliphatic rings. The summed E-state index contributed by atoms with van der Waals surface area (Å²) in [7, 11) is -8.30. The van der Waals surface area contributed by atoms with Gasteiger partial charge in [0.1, 0.15) is 0 Å². The van der Waals surface area contributed by atoms with E-state index >= 15 is 0 Å². The number of fused-ring (bicyclic) bond motifs is 1. The maximum absolute atomic E-state index is 13.9. The summed E-state index contributed by atoms with van der Waals surface area (Å²) >= 11 is 0. The molecular weight excluding hydrogens is 532 g/mol. The topological polar surface area (TPSA) is 162 Å². The predicted molar refractivity (Wildman–Crippen MR) is 139 cm³/mol. The lowest BCUT2D eigenvalue weighted by atomic mass is 9.98. The standard InChI is InChI=1S/C25H30N4O7S2/c1-17(12-19-6-4-3-5-7-19)24(26)29(38(33,34)21-8-9-22-23(13-21)36-16-35-22)25(30)18(2)14-37(31,32)15-20-10-11-27-28-20/h3-11,13,17-18,24H,12,14-16,26H2,1-2H3,(H,27,28)/t17-,18?,24-/m0/s1. The van der Waals surface area contributed by atoms with Gasteiger partial charge in [0.25, 0.3) is 10.0 Å². The third kappa shape index (κ3) is 6.17. The minimum atomic E-state index is -4.50. The highest BCUT2D eigenvalue weighted by Gasteiger charge is 2.40. The molecule has 38 heavy (non-hydrogen) atoms. The summed E-state index contributed by atoms with van der Waals surface area (Å²) in [6, 6.07) is 14.9. The fourth-order valence-corrected chi connectivity index (χ4v) is 7.54. The second kappa shape index (κ2) is 11.1. The molecule has 1 aliphatic heterocycles. The number of H-pyrrole nitrogens is 1. The van der Waals surface area contributed by atoms with Crippen molar-refractivity contribution in [1.29, 1.82) is 0 Å². The SMILES string of the molecule is CC(CS(=O)(=O)Cc1cc[nH]n1)C(=O)N([C@H](N)[C@@H](C)Cc1ccccc1)S(=O)(=O)c1ccc2c(c1)OCO2. The van der Waals surface area contributed by atoms with E-state index in [2.05, 4.69) is 10.2 Å². The van der Waals surface area contributed by atoms with Crippen LogP contribution in [0.4, 0.5) is 0 Å². The van der Waals surface area contributed by atoms with Crippen molar-refractivity contribution in [2.24, 2.45) is 17.6 Å². The Bertz CT molecular complexity index is 1480. The Kier molecular flexibility index (Phi) is 8.09. The van der Waals surface area contributed by atoms with Crippen molar-refractivity contribution in [3.8, 4) is 11.5 Å². The fourth-order valence-electron chi connectivity index (χ4n) is 4.24. The van der Waals surface area contributed by atoms with Crippen molar-refractivity contribution in [3.63, 3.8) is 0 Å². The molecule has 2 aromatic carbocycles. The van der Waals surface area contributed by atoms with Crippen LogP contribution in [0.25, 0.3) is 0 Å². The van der Waals surface area contributed by atoms with E-state index in [1.165, 1.54) is 37.4 Å². The molecule has 4 rings (SSSR count). The van der Waals surface area contributed by atoms with Crippen LogP contribution in [0.3, 0.4) is 0 Å². The van der Waals surface area contributed by atoms with Crippen molar-refractivity contribution in [1.82, 2.24) is 14.5 Å². The lowest BCUT2D eigenvalue weighted by Crippen LogP contribution is -2.54.